The van der Waals surface area contributed by atoms with E-state index in [1.807, 2.05) is 0 Å². The van der Waals surface area contributed by atoms with Gasteiger partial charge in [-0.2, -0.15) is 11.8 Å². The van der Waals surface area contributed by atoms with Gasteiger partial charge in [-0.3, -0.25) is 9.79 Å². The fourth-order valence-corrected chi connectivity index (χ4v) is 2.28. The fourth-order valence-electron chi connectivity index (χ4n) is 1.42. The Morgan fingerprint density at radius 1 is 1.53 bits per heavy atom. The Morgan fingerprint density at radius 3 is 2.95 bits per heavy atom. The van der Waals surface area contributed by atoms with Crippen molar-refractivity contribution in [3.05, 3.63) is 12.2 Å². The van der Waals surface area contributed by atoms with Crippen molar-refractivity contribution in [3.63, 3.8) is 0 Å². The van der Waals surface area contributed by atoms with Crippen molar-refractivity contribution in [2.75, 3.05) is 31.3 Å². The zero-order valence-corrected chi connectivity index (χ0v) is 12.1. The number of hydrogen-bond acceptors (Lipinski definition) is 6. The highest BCUT2D eigenvalue weighted by Crippen LogP contribution is 2.13. The molecule has 1 heterocycles. The summed E-state index contributed by atoms with van der Waals surface area (Å²) in [5, 5.41) is 0. The number of allylic oxidation sites excluding steroid dienone is 1. The van der Waals surface area contributed by atoms with Gasteiger partial charge in [0.25, 0.3) is 0 Å². The van der Waals surface area contributed by atoms with Crippen molar-refractivity contribution in [1.82, 2.24) is 0 Å². The van der Waals surface area contributed by atoms with Crippen molar-refractivity contribution in [2.24, 2.45) is 10.9 Å². The molecule has 1 atom stereocenters. The van der Waals surface area contributed by atoms with E-state index in [1.165, 1.54) is 13.0 Å². The molecule has 0 amide bonds. The number of hydrogen-bond donors (Lipinski definition) is 0. The lowest BCUT2D eigenvalue weighted by molar-refractivity contribution is -0.137. The Bertz CT molecular complexity index is 379. The predicted octanol–water partition coefficient (Wildman–Crippen LogP) is 1.47. The minimum Gasteiger partial charge on any atom is -0.479 e. The summed E-state index contributed by atoms with van der Waals surface area (Å²) in [4.78, 5) is 26.0. The van der Waals surface area contributed by atoms with E-state index in [2.05, 4.69) is 11.9 Å². The number of rotatable bonds is 8. The first-order chi connectivity index (χ1) is 9.09. The number of esters is 1. The molecule has 5 nitrogen and oxygen atoms in total. The van der Waals surface area contributed by atoms with E-state index < -0.39 is 5.97 Å². The van der Waals surface area contributed by atoms with Crippen LogP contribution < -0.4 is 0 Å². The lowest BCUT2D eigenvalue weighted by Crippen LogP contribution is -2.14. The Labute approximate surface area is 117 Å². The summed E-state index contributed by atoms with van der Waals surface area (Å²) in [5.41, 5.74) is 0. The second-order valence-electron chi connectivity index (χ2n) is 4.16. The third kappa shape index (κ3) is 7.00. The smallest absolute Gasteiger partial charge is 0.330 e. The van der Waals surface area contributed by atoms with Crippen molar-refractivity contribution >= 4 is 29.4 Å². The maximum absolute atomic E-state index is 11.1. The summed E-state index contributed by atoms with van der Waals surface area (Å²) < 4.78 is 10.3. The van der Waals surface area contributed by atoms with Crippen molar-refractivity contribution in [3.8, 4) is 0 Å². The van der Waals surface area contributed by atoms with Gasteiger partial charge in [0.15, 0.2) is 11.7 Å². The Morgan fingerprint density at radius 2 is 2.32 bits per heavy atom. The van der Waals surface area contributed by atoms with Crippen LogP contribution in [-0.4, -0.2) is 48.9 Å². The Hall–Kier alpha value is -1.30. The van der Waals surface area contributed by atoms with Crippen molar-refractivity contribution < 1.29 is 19.1 Å². The molecule has 0 aromatic carbocycles. The maximum atomic E-state index is 11.1. The number of carbonyl (C=O) groups excluding carboxylic acids is 2. The molecule has 0 fully saturated rings. The lowest BCUT2D eigenvalue weighted by Gasteiger charge is -2.10. The number of aliphatic imine (C=N–C) groups is 1. The van der Waals surface area contributed by atoms with Crippen LogP contribution >= 0.6 is 11.8 Å². The van der Waals surface area contributed by atoms with Crippen LogP contribution in [0.15, 0.2) is 17.1 Å². The Kier molecular flexibility index (Phi) is 7.25. The van der Waals surface area contributed by atoms with Crippen LogP contribution in [-0.2, 0) is 19.1 Å². The first-order valence-electron chi connectivity index (χ1n) is 6.20. The molecule has 1 aliphatic heterocycles. The molecule has 1 unspecified atom stereocenters. The number of thioether (sulfide) groups is 1. The molecule has 0 saturated carbocycles. The minimum atomic E-state index is -0.479. The highest BCUT2D eigenvalue weighted by Gasteiger charge is 2.15. The van der Waals surface area contributed by atoms with Crippen LogP contribution in [0.1, 0.15) is 13.8 Å². The largest absolute Gasteiger partial charge is 0.479 e. The van der Waals surface area contributed by atoms with Gasteiger partial charge in [-0.15, -0.1) is 0 Å². The van der Waals surface area contributed by atoms with Crippen LogP contribution in [0.4, 0.5) is 0 Å². The van der Waals surface area contributed by atoms with Crippen molar-refractivity contribution in [2.45, 2.75) is 13.8 Å². The molecule has 0 N–H and O–H groups in total. The topological polar surface area (TPSA) is 65.0 Å². The summed E-state index contributed by atoms with van der Waals surface area (Å²) in [6.07, 6.45) is 2.35. The van der Waals surface area contributed by atoms with Gasteiger partial charge < -0.3 is 9.47 Å². The van der Waals surface area contributed by atoms with Gasteiger partial charge in [0.1, 0.15) is 13.2 Å². The minimum absolute atomic E-state index is 0.169. The van der Waals surface area contributed by atoms with Gasteiger partial charge in [0.05, 0.1) is 6.54 Å². The molecule has 0 saturated heterocycles. The van der Waals surface area contributed by atoms with Gasteiger partial charge >= 0.3 is 5.97 Å². The van der Waals surface area contributed by atoms with Crippen LogP contribution in [0.3, 0.4) is 0 Å². The van der Waals surface area contributed by atoms with E-state index in [0.717, 1.165) is 30.0 Å². The second kappa shape index (κ2) is 8.74. The Balaban J connectivity index is 2.04. The highest BCUT2D eigenvalue weighted by atomic mass is 32.2. The highest BCUT2D eigenvalue weighted by molar-refractivity contribution is 7.99. The zero-order chi connectivity index (χ0) is 14.1. The lowest BCUT2D eigenvalue weighted by atomic mass is 10.2. The van der Waals surface area contributed by atoms with Crippen LogP contribution in [0.25, 0.3) is 0 Å². The summed E-state index contributed by atoms with van der Waals surface area (Å²) in [6, 6.07) is 0. The summed E-state index contributed by atoms with van der Waals surface area (Å²) >= 11 is 1.69. The summed E-state index contributed by atoms with van der Waals surface area (Å²) in [6.45, 7) is 5.23. The molecule has 19 heavy (non-hydrogen) atoms. The SMILES string of the molecule is CC(=O)/C=C\C(=O)OCCSCC(C)C1=NCCO1. The molecule has 1 aliphatic rings. The molecule has 0 aromatic heterocycles. The van der Waals surface area contributed by atoms with Crippen molar-refractivity contribution in [1.29, 1.82) is 0 Å². The van der Waals surface area contributed by atoms with Crippen LogP contribution in [0, 0.1) is 5.92 Å². The monoisotopic (exact) mass is 285 g/mol. The molecule has 6 heteroatoms. The third-order valence-electron chi connectivity index (χ3n) is 2.32. The van der Waals surface area contributed by atoms with Crippen LogP contribution in [0.2, 0.25) is 0 Å². The maximum Gasteiger partial charge on any atom is 0.330 e. The molecule has 0 aromatic rings. The van der Waals surface area contributed by atoms with E-state index in [1.54, 1.807) is 11.8 Å². The van der Waals surface area contributed by atoms with Gasteiger partial charge in [-0.25, -0.2) is 4.79 Å². The molecule has 1 rings (SSSR count). The van der Waals surface area contributed by atoms with E-state index in [9.17, 15) is 9.59 Å². The molecule has 106 valence electrons. The average molecular weight is 285 g/mol. The molecule has 0 aliphatic carbocycles. The van der Waals surface area contributed by atoms with E-state index in [4.69, 9.17) is 9.47 Å². The normalized spacial score (nSPS) is 16.0. The van der Waals surface area contributed by atoms with Gasteiger partial charge in [0.2, 0.25) is 0 Å². The number of ether oxygens (including phenoxy) is 2. The quantitative estimate of drug-likeness (QED) is 0.384. The molecule has 0 bridgehead atoms. The van der Waals surface area contributed by atoms with Gasteiger partial charge in [0, 0.05) is 23.5 Å². The standard InChI is InChI=1S/C13H19NO4S/c1-10(13-14-5-6-18-13)9-19-8-7-17-12(16)4-3-11(2)15/h3-4,10H,5-9H2,1-2H3/b4-3-. The molecule has 0 radical (unpaired) electrons. The molecular formula is C13H19NO4S. The summed E-state index contributed by atoms with van der Waals surface area (Å²) in [5.74, 6) is 2.08. The fraction of sp³-hybridized carbons (Fsp3) is 0.615. The first kappa shape index (κ1) is 15.8. The first-order valence-corrected chi connectivity index (χ1v) is 7.35. The molecule has 0 spiro atoms. The second-order valence-corrected chi connectivity index (χ2v) is 5.31. The number of carbonyl (C=O) groups is 2. The zero-order valence-electron chi connectivity index (χ0n) is 11.3. The number of ketones is 1. The van der Waals surface area contributed by atoms with Gasteiger partial charge in [-0.05, 0) is 13.0 Å². The van der Waals surface area contributed by atoms with E-state index in [0.29, 0.717) is 19.1 Å². The third-order valence-corrected chi connectivity index (χ3v) is 3.52. The predicted molar refractivity (Wildman–Crippen MR) is 75.5 cm³/mol. The number of nitrogens with zero attached hydrogens (tertiary/aromatic N) is 1. The molecular weight excluding hydrogens is 266 g/mol. The van der Waals surface area contributed by atoms with E-state index in [-0.39, 0.29) is 5.78 Å². The van der Waals surface area contributed by atoms with Gasteiger partial charge in [-0.1, -0.05) is 6.92 Å². The average Bonchev–Trinajstić information content (AvgIpc) is 2.89. The summed E-state index contributed by atoms with van der Waals surface area (Å²) in [7, 11) is 0. The van der Waals surface area contributed by atoms with E-state index >= 15 is 0 Å². The van der Waals surface area contributed by atoms with Crippen LogP contribution in [0.5, 0.6) is 0 Å².